The Kier molecular flexibility index (Phi) is 6.50. The van der Waals surface area contributed by atoms with Gasteiger partial charge in [-0.2, -0.15) is 0 Å². The molecule has 3 aliphatic heterocycles. The maximum absolute atomic E-state index is 11.6. The second-order valence-electron chi connectivity index (χ2n) is 11.1. The smallest absolute Gasteiger partial charge is 0.367 e. The molecule has 0 aliphatic carbocycles. The number of rotatable bonds is 5. The van der Waals surface area contributed by atoms with Gasteiger partial charge in [0.15, 0.2) is 0 Å². The molecule has 6 rings (SSSR count). The number of carbonyl (C=O) groups is 1. The van der Waals surface area contributed by atoms with Gasteiger partial charge in [-0.25, -0.2) is 4.68 Å². The Morgan fingerprint density at radius 3 is 2.56 bits per heavy atom. The van der Waals surface area contributed by atoms with Gasteiger partial charge in [-0.1, -0.05) is 31.2 Å². The molecule has 199 valence electrons. The summed E-state index contributed by atoms with van der Waals surface area (Å²) < 4.78 is 12.5. The number of amidine groups is 1. The van der Waals surface area contributed by atoms with Crippen LogP contribution < -0.4 is 5.32 Å². The van der Waals surface area contributed by atoms with Gasteiger partial charge in [0, 0.05) is 30.0 Å². The molecule has 0 saturated carbocycles. The van der Waals surface area contributed by atoms with E-state index in [2.05, 4.69) is 101 Å². The summed E-state index contributed by atoms with van der Waals surface area (Å²) in [5, 5.41) is 11.8. The topological polar surface area (TPSA) is 80.2 Å². The van der Waals surface area contributed by atoms with Crippen LogP contribution in [0.1, 0.15) is 51.6 Å². The van der Waals surface area contributed by atoms with Gasteiger partial charge < -0.3 is 14.5 Å². The van der Waals surface area contributed by atoms with Crippen molar-refractivity contribution in [3.63, 3.8) is 0 Å². The number of carbonyl (C=O) groups excluding carboxylic acids is 1. The summed E-state index contributed by atoms with van der Waals surface area (Å²) in [7, 11) is 2.15. The minimum atomic E-state index is -0.0849. The van der Waals surface area contributed by atoms with Crippen LogP contribution in [0.4, 0.5) is 5.69 Å². The third kappa shape index (κ3) is 4.85. The Hall–Kier alpha value is -3.92. The van der Waals surface area contributed by atoms with Crippen molar-refractivity contribution in [2.45, 2.75) is 53.2 Å². The number of aromatic nitrogens is 4. The number of anilines is 1. The first-order valence-electron chi connectivity index (χ1n) is 13.6. The number of nitrogens with zero attached hydrogens (tertiary/aromatic N) is 6. The number of morpholine rings is 1. The van der Waals surface area contributed by atoms with E-state index in [1.54, 1.807) is 0 Å². The summed E-state index contributed by atoms with van der Waals surface area (Å²) in [5.74, 6) is 2.47. The zero-order chi connectivity index (χ0) is 27.3. The second-order valence-corrected chi connectivity index (χ2v) is 11.1. The lowest BCUT2D eigenvalue weighted by atomic mass is 9.91. The molecule has 1 fully saturated rings. The van der Waals surface area contributed by atoms with E-state index in [0.29, 0.717) is 5.92 Å². The molecule has 1 aromatic carbocycles. The third-order valence-electron chi connectivity index (χ3n) is 7.17. The first-order valence-corrected chi connectivity index (χ1v) is 13.6. The maximum Gasteiger partial charge on any atom is 0.553 e. The molecule has 3 aliphatic rings. The molecule has 9 nitrogen and oxygen atoms in total. The quantitative estimate of drug-likeness (QED) is 0.409. The molecule has 5 heterocycles. The van der Waals surface area contributed by atoms with E-state index >= 15 is 0 Å². The fourth-order valence-corrected chi connectivity index (χ4v) is 5.72. The molecule has 1 radical (unpaired) electrons. The lowest BCUT2D eigenvalue weighted by Crippen LogP contribution is -2.48. The summed E-state index contributed by atoms with van der Waals surface area (Å²) in [6, 6.07) is 12.3. The molecule has 39 heavy (non-hydrogen) atoms. The van der Waals surface area contributed by atoms with Gasteiger partial charge in [0.05, 0.1) is 24.1 Å². The van der Waals surface area contributed by atoms with Gasteiger partial charge in [0.25, 0.3) is 5.84 Å². The highest BCUT2D eigenvalue weighted by Gasteiger charge is 2.41. The molecule has 1 amide bonds. The molecule has 2 atom stereocenters. The molecule has 0 bridgehead atoms. The number of hydrogen-bond acceptors (Lipinski definition) is 4. The van der Waals surface area contributed by atoms with Gasteiger partial charge in [-0.15, -0.1) is 5.10 Å². The minimum Gasteiger partial charge on any atom is -0.367 e. The van der Waals surface area contributed by atoms with Crippen molar-refractivity contribution in [3.8, 4) is 5.82 Å². The van der Waals surface area contributed by atoms with Crippen molar-refractivity contribution >= 4 is 30.6 Å². The van der Waals surface area contributed by atoms with E-state index in [4.69, 9.17) is 4.74 Å². The van der Waals surface area contributed by atoms with Crippen LogP contribution in [0.15, 0.2) is 60.4 Å². The largest absolute Gasteiger partial charge is 0.553 e. The van der Waals surface area contributed by atoms with E-state index in [9.17, 15) is 4.79 Å². The highest BCUT2D eigenvalue weighted by Crippen LogP contribution is 2.37. The number of nitrogens with one attached hydrogen (secondary N) is 1. The van der Waals surface area contributed by atoms with E-state index in [1.807, 2.05) is 23.0 Å². The number of ether oxygens (including phenoxy) is 1. The monoisotopic (exact) mass is 523 g/mol. The summed E-state index contributed by atoms with van der Waals surface area (Å²) in [4.78, 5) is 13.8. The van der Waals surface area contributed by atoms with E-state index in [-0.39, 0.29) is 18.1 Å². The standard InChI is InChI=1S/C29H33BN7O2/c1-18(2)14-24-17-35(33-32-24)28-13-11-26-29(22-6-8-23(9-7-22)31-21(5)38)25-10-12-27(36(25)30-37(26)28)34-15-19(3)39-20(4)16-34/h6-13,17-20H,14-16H2,1-5H3/p+1. The molecule has 10 heteroatoms. The van der Waals surface area contributed by atoms with Gasteiger partial charge in [-0.3, -0.25) is 14.2 Å². The number of fused-ring (bicyclic) bond motifs is 2. The highest BCUT2D eigenvalue weighted by molar-refractivity contribution is 6.40. The van der Waals surface area contributed by atoms with Gasteiger partial charge in [0.2, 0.25) is 5.91 Å². The van der Waals surface area contributed by atoms with Crippen molar-refractivity contribution in [3.05, 3.63) is 77.4 Å². The van der Waals surface area contributed by atoms with Crippen LogP contribution in [0.2, 0.25) is 0 Å². The number of allylic oxidation sites excluding steroid dienone is 1. The summed E-state index contributed by atoms with van der Waals surface area (Å²) in [5.41, 5.74) is 6.11. The molecule has 2 aromatic heterocycles. The lowest BCUT2D eigenvalue weighted by molar-refractivity contribution is -0.568. The average molecular weight is 523 g/mol. The van der Waals surface area contributed by atoms with Crippen LogP contribution in [0.5, 0.6) is 0 Å². The predicted molar refractivity (Wildman–Crippen MR) is 152 cm³/mol. The lowest BCUT2D eigenvalue weighted by Gasteiger charge is -2.30. The Balaban J connectivity index is 1.46. The maximum atomic E-state index is 11.6. The molecular weight excluding hydrogens is 489 g/mol. The minimum absolute atomic E-state index is 0.0849. The summed E-state index contributed by atoms with van der Waals surface area (Å²) in [6.07, 6.45) is 7.61. The first kappa shape index (κ1) is 25.4. The van der Waals surface area contributed by atoms with Crippen LogP contribution in [-0.2, 0) is 16.0 Å². The van der Waals surface area contributed by atoms with Crippen LogP contribution in [-0.4, -0.2) is 73.4 Å². The highest BCUT2D eigenvalue weighted by atomic mass is 16.5. The fourth-order valence-electron chi connectivity index (χ4n) is 5.72. The molecule has 1 N–H and O–H groups in total. The third-order valence-corrected chi connectivity index (χ3v) is 7.17. The molecule has 2 unspecified atom stereocenters. The van der Waals surface area contributed by atoms with Crippen LogP contribution in [0.3, 0.4) is 0 Å². The zero-order valence-corrected chi connectivity index (χ0v) is 23.1. The summed E-state index contributed by atoms with van der Waals surface area (Å²) >= 11 is 0. The first-order chi connectivity index (χ1) is 18.8. The van der Waals surface area contributed by atoms with E-state index in [1.165, 1.54) is 6.92 Å². The summed E-state index contributed by atoms with van der Waals surface area (Å²) in [6.45, 7) is 11.8. The fraction of sp³-hybridized carbons (Fsp3) is 0.379. The normalized spacial score (nSPS) is 20.4. The number of amides is 1. The van der Waals surface area contributed by atoms with Crippen molar-refractivity contribution in [2.75, 3.05) is 18.4 Å². The van der Waals surface area contributed by atoms with Crippen LogP contribution in [0, 0.1) is 5.92 Å². The van der Waals surface area contributed by atoms with Crippen molar-refractivity contribution in [2.24, 2.45) is 5.92 Å². The molecule has 3 aromatic rings. The zero-order valence-electron chi connectivity index (χ0n) is 23.1. The Labute approximate surface area is 229 Å². The SMILES string of the molecule is CC(=O)Nc1ccc(C2=C3C=CC(=[N+]4CC(C)OC(C)C4)N3[B]n3c2ccc3-n2cc(CC(C)C)nn2)cc1. The van der Waals surface area contributed by atoms with Crippen molar-refractivity contribution < 1.29 is 14.1 Å². The Morgan fingerprint density at radius 1 is 1.13 bits per heavy atom. The van der Waals surface area contributed by atoms with Crippen LogP contribution >= 0.6 is 0 Å². The van der Waals surface area contributed by atoms with Crippen LogP contribution in [0.25, 0.3) is 11.4 Å². The average Bonchev–Trinajstić information content (AvgIpc) is 3.60. The van der Waals surface area contributed by atoms with Gasteiger partial charge in [0.1, 0.15) is 24.6 Å². The number of hydrogen-bond donors (Lipinski definition) is 1. The van der Waals surface area contributed by atoms with E-state index < -0.39 is 0 Å². The van der Waals surface area contributed by atoms with E-state index in [0.717, 1.165) is 65.1 Å². The second kappa shape index (κ2) is 10.00. The molecule has 0 spiro atoms. The van der Waals surface area contributed by atoms with Gasteiger partial charge >= 0.3 is 7.55 Å². The van der Waals surface area contributed by atoms with Crippen molar-refractivity contribution in [1.29, 1.82) is 0 Å². The molecule has 1 saturated heterocycles. The molecular formula is C29H34BN7O2+. The predicted octanol–water partition coefficient (Wildman–Crippen LogP) is 3.47. The Morgan fingerprint density at radius 2 is 1.87 bits per heavy atom. The van der Waals surface area contributed by atoms with Gasteiger partial charge in [-0.05, 0) is 62.1 Å². The number of benzene rings is 1. The van der Waals surface area contributed by atoms with Crippen molar-refractivity contribution in [1.82, 2.24) is 24.3 Å². The Bertz CT molecular complexity index is 1500.